The molecule has 0 bridgehead atoms. The summed E-state index contributed by atoms with van der Waals surface area (Å²) in [5.41, 5.74) is 0.180. The van der Waals surface area contributed by atoms with E-state index in [1.807, 2.05) is 27.7 Å². The number of benzene rings is 1. The molecule has 0 aliphatic heterocycles. The van der Waals surface area contributed by atoms with E-state index < -0.39 is 11.9 Å². The van der Waals surface area contributed by atoms with Crippen LogP contribution >= 0.6 is 0 Å². The van der Waals surface area contributed by atoms with Gasteiger partial charge in [-0.2, -0.15) is 0 Å². The molecule has 0 spiro atoms. The average Bonchev–Trinajstić information content (AvgIpc) is 2.42. The fourth-order valence-corrected chi connectivity index (χ4v) is 1.52. The van der Waals surface area contributed by atoms with Gasteiger partial charge in [0.1, 0.15) is 11.3 Å². The van der Waals surface area contributed by atoms with Crippen LogP contribution < -0.4 is 4.74 Å². The van der Waals surface area contributed by atoms with Crippen LogP contribution in [0, 0.1) is 11.8 Å². The number of carboxylic acids is 1. The number of hydrogen-bond donors (Lipinski definition) is 1. The van der Waals surface area contributed by atoms with Crippen LogP contribution in [0.4, 0.5) is 0 Å². The Hall–Kier alpha value is -2.04. The van der Waals surface area contributed by atoms with Gasteiger partial charge in [0, 0.05) is 0 Å². The molecule has 0 saturated heterocycles. The lowest BCUT2D eigenvalue weighted by atomic mass is 10.1. The van der Waals surface area contributed by atoms with Crippen molar-refractivity contribution in [1.82, 2.24) is 0 Å². The largest absolute Gasteiger partial charge is 0.492 e. The number of aromatic carboxylic acids is 1. The standard InChI is InChI=1S/C16H22O5/c1-10(2)8-20-14-6-5-12(15(17)18)7-13(14)16(19)21-9-11(3)4/h5-7,10-11H,8-9H2,1-4H3,(H,17,18). The molecule has 116 valence electrons. The highest BCUT2D eigenvalue weighted by atomic mass is 16.5. The predicted molar refractivity (Wildman–Crippen MR) is 78.9 cm³/mol. The van der Waals surface area contributed by atoms with E-state index in [1.54, 1.807) is 0 Å². The van der Waals surface area contributed by atoms with Gasteiger partial charge in [0.15, 0.2) is 0 Å². The molecule has 0 aliphatic rings. The summed E-state index contributed by atoms with van der Waals surface area (Å²) in [4.78, 5) is 23.1. The second-order valence-electron chi connectivity index (χ2n) is 5.71. The smallest absolute Gasteiger partial charge is 0.341 e. The summed E-state index contributed by atoms with van der Waals surface area (Å²) in [6, 6.07) is 4.20. The third kappa shape index (κ3) is 5.45. The zero-order valence-corrected chi connectivity index (χ0v) is 12.9. The Bertz CT molecular complexity index is 505. The quantitative estimate of drug-likeness (QED) is 0.782. The number of carboxylic acid groups (broad SMARTS) is 1. The third-order valence-corrected chi connectivity index (χ3v) is 2.57. The SMILES string of the molecule is CC(C)COC(=O)c1cc(C(=O)O)ccc1OCC(C)C. The number of carbonyl (C=O) groups excluding carboxylic acids is 1. The molecule has 5 heteroatoms. The summed E-state index contributed by atoms with van der Waals surface area (Å²) in [6.07, 6.45) is 0. The predicted octanol–water partition coefficient (Wildman–Crippen LogP) is 3.23. The van der Waals surface area contributed by atoms with E-state index >= 15 is 0 Å². The zero-order chi connectivity index (χ0) is 16.0. The molecule has 0 aromatic heterocycles. The van der Waals surface area contributed by atoms with Crippen LogP contribution in [-0.4, -0.2) is 30.3 Å². The van der Waals surface area contributed by atoms with Gasteiger partial charge in [-0.1, -0.05) is 27.7 Å². The molecule has 1 N–H and O–H groups in total. The Morgan fingerprint density at radius 3 is 2.24 bits per heavy atom. The Balaban J connectivity index is 3.01. The highest BCUT2D eigenvalue weighted by Crippen LogP contribution is 2.22. The van der Waals surface area contributed by atoms with Crippen molar-refractivity contribution in [2.75, 3.05) is 13.2 Å². The van der Waals surface area contributed by atoms with Gasteiger partial charge in [0.25, 0.3) is 0 Å². The molecular formula is C16H22O5. The first-order valence-corrected chi connectivity index (χ1v) is 6.98. The van der Waals surface area contributed by atoms with Crippen LogP contribution in [0.25, 0.3) is 0 Å². The number of rotatable bonds is 7. The van der Waals surface area contributed by atoms with Gasteiger partial charge in [0.05, 0.1) is 18.8 Å². The second-order valence-corrected chi connectivity index (χ2v) is 5.71. The number of ether oxygens (including phenoxy) is 2. The third-order valence-electron chi connectivity index (χ3n) is 2.57. The lowest BCUT2D eigenvalue weighted by Gasteiger charge is -2.14. The van der Waals surface area contributed by atoms with Gasteiger partial charge in [-0.05, 0) is 30.0 Å². The first-order chi connectivity index (χ1) is 9.81. The van der Waals surface area contributed by atoms with Crippen molar-refractivity contribution in [3.63, 3.8) is 0 Å². The van der Waals surface area contributed by atoms with Gasteiger partial charge in [-0.15, -0.1) is 0 Å². The van der Waals surface area contributed by atoms with Crippen LogP contribution in [0.5, 0.6) is 5.75 Å². The van der Waals surface area contributed by atoms with Crippen LogP contribution in [-0.2, 0) is 4.74 Å². The number of carbonyl (C=O) groups is 2. The van der Waals surface area contributed by atoms with E-state index in [-0.39, 0.29) is 23.7 Å². The molecule has 0 fully saturated rings. The van der Waals surface area contributed by atoms with Gasteiger partial charge >= 0.3 is 11.9 Å². The van der Waals surface area contributed by atoms with Crippen molar-refractivity contribution >= 4 is 11.9 Å². The summed E-state index contributed by atoms with van der Waals surface area (Å²) in [5.74, 6) is -0.809. The number of esters is 1. The van der Waals surface area contributed by atoms with Gasteiger partial charge < -0.3 is 14.6 Å². The first-order valence-electron chi connectivity index (χ1n) is 6.98. The molecule has 5 nitrogen and oxygen atoms in total. The fourth-order valence-electron chi connectivity index (χ4n) is 1.52. The lowest BCUT2D eigenvalue weighted by Crippen LogP contribution is -2.14. The highest BCUT2D eigenvalue weighted by Gasteiger charge is 2.18. The van der Waals surface area contributed by atoms with Crippen LogP contribution in [0.1, 0.15) is 48.4 Å². The van der Waals surface area contributed by atoms with E-state index in [4.69, 9.17) is 14.6 Å². The first kappa shape index (κ1) is 17.0. The summed E-state index contributed by atoms with van der Waals surface area (Å²) >= 11 is 0. The maximum Gasteiger partial charge on any atom is 0.341 e. The fraction of sp³-hybridized carbons (Fsp3) is 0.500. The topological polar surface area (TPSA) is 72.8 Å². The van der Waals surface area contributed by atoms with Gasteiger partial charge in [-0.25, -0.2) is 9.59 Å². The molecule has 21 heavy (non-hydrogen) atoms. The second kappa shape index (κ2) is 7.67. The van der Waals surface area contributed by atoms with E-state index in [2.05, 4.69) is 0 Å². The summed E-state index contributed by atoms with van der Waals surface area (Å²) < 4.78 is 10.7. The van der Waals surface area contributed by atoms with Crippen molar-refractivity contribution in [2.24, 2.45) is 11.8 Å². The zero-order valence-electron chi connectivity index (χ0n) is 12.9. The molecule has 0 aliphatic carbocycles. The van der Waals surface area contributed by atoms with Crippen molar-refractivity contribution in [1.29, 1.82) is 0 Å². The minimum absolute atomic E-state index is 0.0309. The Labute approximate surface area is 124 Å². The van der Waals surface area contributed by atoms with E-state index in [0.717, 1.165) is 0 Å². The minimum atomic E-state index is -1.09. The summed E-state index contributed by atoms with van der Waals surface area (Å²) in [7, 11) is 0. The maximum atomic E-state index is 12.1. The van der Waals surface area contributed by atoms with Gasteiger partial charge in [-0.3, -0.25) is 0 Å². The Morgan fingerprint density at radius 1 is 1.10 bits per heavy atom. The monoisotopic (exact) mass is 294 g/mol. The van der Waals surface area contributed by atoms with Crippen molar-refractivity contribution in [3.05, 3.63) is 29.3 Å². The normalized spacial score (nSPS) is 10.8. The minimum Gasteiger partial charge on any atom is -0.492 e. The van der Waals surface area contributed by atoms with Crippen molar-refractivity contribution in [3.8, 4) is 5.75 Å². The summed E-state index contributed by atoms with van der Waals surface area (Å²) in [6.45, 7) is 8.55. The van der Waals surface area contributed by atoms with Crippen LogP contribution in [0.15, 0.2) is 18.2 Å². The molecule has 0 radical (unpaired) electrons. The Morgan fingerprint density at radius 2 is 1.71 bits per heavy atom. The highest BCUT2D eigenvalue weighted by molar-refractivity contribution is 5.96. The van der Waals surface area contributed by atoms with Crippen LogP contribution in [0.3, 0.4) is 0 Å². The molecule has 0 atom stereocenters. The molecular weight excluding hydrogens is 272 g/mol. The van der Waals surface area contributed by atoms with Gasteiger partial charge in [0.2, 0.25) is 0 Å². The molecule has 0 unspecified atom stereocenters. The van der Waals surface area contributed by atoms with Crippen molar-refractivity contribution < 1.29 is 24.2 Å². The van der Waals surface area contributed by atoms with E-state index in [1.165, 1.54) is 18.2 Å². The van der Waals surface area contributed by atoms with E-state index in [0.29, 0.717) is 18.3 Å². The molecule has 0 heterocycles. The number of hydrogen-bond acceptors (Lipinski definition) is 4. The molecule has 0 saturated carbocycles. The average molecular weight is 294 g/mol. The van der Waals surface area contributed by atoms with E-state index in [9.17, 15) is 9.59 Å². The molecule has 1 aromatic rings. The van der Waals surface area contributed by atoms with Crippen molar-refractivity contribution in [2.45, 2.75) is 27.7 Å². The molecule has 0 amide bonds. The lowest BCUT2D eigenvalue weighted by molar-refractivity contribution is 0.0453. The Kier molecular flexibility index (Phi) is 6.21. The maximum absolute atomic E-state index is 12.1. The molecule has 1 rings (SSSR count). The van der Waals surface area contributed by atoms with Crippen LogP contribution in [0.2, 0.25) is 0 Å². The summed E-state index contributed by atoms with van der Waals surface area (Å²) in [5, 5.41) is 9.03. The molecule has 1 aromatic carbocycles.